The molecule has 0 aliphatic rings. The molecule has 0 aliphatic carbocycles. The molecule has 1 aromatic carbocycles. The Balaban J connectivity index is 3.23. The van der Waals surface area contributed by atoms with Crippen molar-refractivity contribution in [3.63, 3.8) is 0 Å². The lowest BCUT2D eigenvalue weighted by molar-refractivity contribution is 0.372. The molecular weight excluding hydrogens is 253 g/mol. The van der Waals surface area contributed by atoms with Gasteiger partial charge in [0.05, 0.1) is 0 Å². The Morgan fingerprint density at radius 2 is 1.85 bits per heavy atom. The first-order chi connectivity index (χ1) is 9.27. The highest BCUT2D eigenvalue weighted by molar-refractivity contribution is 5.57. The van der Waals surface area contributed by atoms with E-state index in [0.717, 1.165) is 24.3 Å². The fraction of sp³-hybridized carbons (Fsp3) is 0.625. The van der Waals surface area contributed by atoms with Crippen molar-refractivity contribution in [2.45, 2.75) is 39.8 Å². The highest BCUT2D eigenvalue weighted by Crippen LogP contribution is 2.29. The van der Waals surface area contributed by atoms with E-state index in [-0.39, 0.29) is 11.9 Å². The van der Waals surface area contributed by atoms with Gasteiger partial charge in [-0.3, -0.25) is 0 Å². The summed E-state index contributed by atoms with van der Waals surface area (Å²) in [6.45, 7) is 9.83. The van der Waals surface area contributed by atoms with E-state index in [4.69, 9.17) is 5.73 Å². The standard InChI is InChI=1S/C16H28FN3/c1-7-20(12(3)10-19(5)6)16-8-11(2)15(17)9-14(16)13(4)18/h8-9,12-13H,7,10,18H2,1-6H3. The molecule has 114 valence electrons. The number of benzene rings is 1. The topological polar surface area (TPSA) is 32.5 Å². The largest absolute Gasteiger partial charge is 0.368 e. The van der Waals surface area contributed by atoms with Crippen LogP contribution >= 0.6 is 0 Å². The first kappa shape index (κ1) is 16.9. The highest BCUT2D eigenvalue weighted by atomic mass is 19.1. The molecule has 2 unspecified atom stereocenters. The summed E-state index contributed by atoms with van der Waals surface area (Å²) in [6.07, 6.45) is 0. The Morgan fingerprint density at radius 1 is 1.25 bits per heavy atom. The van der Waals surface area contributed by atoms with Crippen molar-refractivity contribution in [3.8, 4) is 0 Å². The lowest BCUT2D eigenvalue weighted by Crippen LogP contribution is -2.41. The SMILES string of the molecule is CCN(c1cc(C)c(F)cc1C(C)N)C(C)CN(C)C. The Labute approximate surface area is 122 Å². The van der Waals surface area contributed by atoms with Crippen LogP contribution in [0.25, 0.3) is 0 Å². The zero-order valence-electron chi connectivity index (χ0n) is 13.6. The smallest absolute Gasteiger partial charge is 0.126 e. The molecule has 0 fully saturated rings. The van der Waals surface area contributed by atoms with Crippen LogP contribution in [-0.4, -0.2) is 38.1 Å². The highest BCUT2D eigenvalue weighted by Gasteiger charge is 2.20. The molecule has 0 aromatic heterocycles. The maximum absolute atomic E-state index is 13.8. The van der Waals surface area contributed by atoms with Gasteiger partial charge < -0.3 is 15.5 Å². The molecule has 20 heavy (non-hydrogen) atoms. The van der Waals surface area contributed by atoms with Crippen LogP contribution in [-0.2, 0) is 0 Å². The molecule has 3 nitrogen and oxygen atoms in total. The van der Waals surface area contributed by atoms with Crippen molar-refractivity contribution in [3.05, 3.63) is 29.1 Å². The van der Waals surface area contributed by atoms with E-state index in [2.05, 4.69) is 37.7 Å². The number of likely N-dealkylation sites (N-methyl/N-ethyl adjacent to an activating group) is 2. The third-order valence-corrected chi connectivity index (χ3v) is 3.61. The summed E-state index contributed by atoms with van der Waals surface area (Å²) < 4.78 is 13.8. The van der Waals surface area contributed by atoms with Crippen LogP contribution in [0.3, 0.4) is 0 Å². The van der Waals surface area contributed by atoms with Crippen LogP contribution in [0.1, 0.15) is 37.9 Å². The van der Waals surface area contributed by atoms with Gasteiger partial charge in [0.25, 0.3) is 0 Å². The maximum atomic E-state index is 13.8. The Morgan fingerprint density at radius 3 is 2.30 bits per heavy atom. The van der Waals surface area contributed by atoms with Crippen LogP contribution in [0.15, 0.2) is 12.1 Å². The fourth-order valence-electron chi connectivity index (χ4n) is 2.64. The summed E-state index contributed by atoms with van der Waals surface area (Å²) in [5.74, 6) is -0.183. The second kappa shape index (κ2) is 7.04. The van der Waals surface area contributed by atoms with E-state index in [9.17, 15) is 4.39 Å². The van der Waals surface area contributed by atoms with Gasteiger partial charge in [0.15, 0.2) is 0 Å². The molecule has 0 spiro atoms. The van der Waals surface area contributed by atoms with Crippen molar-refractivity contribution in [1.29, 1.82) is 0 Å². The van der Waals surface area contributed by atoms with Gasteiger partial charge >= 0.3 is 0 Å². The number of anilines is 1. The van der Waals surface area contributed by atoms with Crippen LogP contribution < -0.4 is 10.6 Å². The van der Waals surface area contributed by atoms with E-state index in [1.165, 1.54) is 0 Å². The Kier molecular flexibility index (Phi) is 5.96. The summed E-state index contributed by atoms with van der Waals surface area (Å²) in [5, 5.41) is 0. The van der Waals surface area contributed by atoms with E-state index < -0.39 is 0 Å². The average Bonchev–Trinajstić information content (AvgIpc) is 2.32. The third kappa shape index (κ3) is 3.93. The molecule has 0 radical (unpaired) electrons. The molecule has 0 amide bonds. The number of nitrogens with two attached hydrogens (primary N) is 1. The number of rotatable bonds is 6. The zero-order valence-corrected chi connectivity index (χ0v) is 13.6. The summed E-state index contributed by atoms with van der Waals surface area (Å²) >= 11 is 0. The van der Waals surface area contributed by atoms with Gasteiger partial charge in [-0.2, -0.15) is 0 Å². The molecule has 0 aliphatic heterocycles. The second-order valence-electron chi connectivity index (χ2n) is 5.85. The minimum Gasteiger partial charge on any atom is -0.368 e. The van der Waals surface area contributed by atoms with Crippen LogP contribution in [0.4, 0.5) is 10.1 Å². The van der Waals surface area contributed by atoms with E-state index in [1.54, 1.807) is 13.0 Å². The Hall–Kier alpha value is -1.13. The normalized spacial score (nSPS) is 14.4. The van der Waals surface area contributed by atoms with E-state index >= 15 is 0 Å². The van der Waals surface area contributed by atoms with Crippen LogP contribution in [0.5, 0.6) is 0 Å². The van der Waals surface area contributed by atoms with Gasteiger partial charge in [-0.1, -0.05) is 0 Å². The van der Waals surface area contributed by atoms with Gasteiger partial charge in [-0.25, -0.2) is 4.39 Å². The summed E-state index contributed by atoms with van der Waals surface area (Å²) in [5.41, 5.74) is 8.62. The number of hydrogen-bond donors (Lipinski definition) is 1. The van der Waals surface area contributed by atoms with Gasteiger partial charge in [-0.05, 0) is 65.0 Å². The van der Waals surface area contributed by atoms with Gasteiger partial charge in [0.1, 0.15) is 5.82 Å². The summed E-state index contributed by atoms with van der Waals surface area (Å²) in [6, 6.07) is 3.67. The average molecular weight is 281 g/mol. The van der Waals surface area contributed by atoms with Crippen molar-refractivity contribution in [2.75, 3.05) is 32.1 Å². The third-order valence-electron chi connectivity index (χ3n) is 3.61. The molecular formula is C16H28FN3. The molecule has 4 heteroatoms. The van der Waals surface area contributed by atoms with Gasteiger partial charge in [0.2, 0.25) is 0 Å². The molecule has 0 bridgehead atoms. The molecule has 2 N–H and O–H groups in total. The van der Waals surface area contributed by atoms with Crippen LogP contribution in [0, 0.1) is 12.7 Å². The lowest BCUT2D eigenvalue weighted by Gasteiger charge is -2.34. The van der Waals surface area contributed by atoms with E-state index in [0.29, 0.717) is 11.6 Å². The maximum Gasteiger partial charge on any atom is 0.126 e. The monoisotopic (exact) mass is 281 g/mol. The number of aryl methyl sites for hydroxylation is 1. The van der Waals surface area contributed by atoms with Gasteiger partial charge in [-0.15, -0.1) is 0 Å². The van der Waals surface area contributed by atoms with E-state index in [1.807, 2.05) is 13.0 Å². The molecule has 2 atom stereocenters. The predicted molar refractivity (Wildman–Crippen MR) is 84.8 cm³/mol. The van der Waals surface area contributed by atoms with Gasteiger partial charge in [0, 0.05) is 30.9 Å². The lowest BCUT2D eigenvalue weighted by atomic mass is 10.0. The Bertz CT molecular complexity index is 444. The number of hydrogen-bond acceptors (Lipinski definition) is 3. The second-order valence-corrected chi connectivity index (χ2v) is 5.85. The first-order valence-corrected chi connectivity index (χ1v) is 7.24. The van der Waals surface area contributed by atoms with Crippen molar-refractivity contribution in [1.82, 2.24) is 4.90 Å². The molecule has 1 aromatic rings. The summed E-state index contributed by atoms with van der Waals surface area (Å²) in [7, 11) is 4.12. The van der Waals surface area contributed by atoms with Crippen molar-refractivity contribution >= 4 is 5.69 Å². The minimum absolute atomic E-state index is 0.180. The quantitative estimate of drug-likeness (QED) is 0.870. The fourth-order valence-corrected chi connectivity index (χ4v) is 2.64. The van der Waals surface area contributed by atoms with Crippen LogP contribution in [0.2, 0.25) is 0 Å². The summed E-state index contributed by atoms with van der Waals surface area (Å²) in [4.78, 5) is 4.46. The number of halogens is 1. The molecule has 0 heterocycles. The first-order valence-electron chi connectivity index (χ1n) is 7.24. The number of nitrogens with zero attached hydrogens (tertiary/aromatic N) is 2. The zero-order chi connectivity index (χ0) is 15.4. The molecule has 0 saturated carbocycles. The van der Waals surface area contributed by atoms with Crippen molar-refractivity contribution < 1.29 is 4.39 Å². The molecule has 1 rings (SSSR count). The van der Waals surface area contributed by atoms with Crippen molar-refractivity contribution in [2.24, 2.45) is 5.73 Å². The minimum atomic E-state index is -0.183. The molecule has 0 saturated heterocycles. The predicted octanol–water partition coefficient (Wildman–Crippen LogP) is 2.93.